The van der Waals surface area contributed by atoms with Crippen LogP contribution in [0.4, 0.5) is 0 Å². The molecule has 3 nitrogen and oxygen atoms in total. The highest BCUT2D eigenvalue weighted by atomic mass is 32.2. The van der Waals surface area contributed by atoms with Gasteiger partial charge in [-0.25, -0.2) is 0 Å². The molecular weight excluding hydrogens is 244 g/mol. The smallest absolute Gasteiger partial charge is 0.230 e. The summed E-state index contributed by atoms with van der Waals surface area (Å²) in [4.78, 5) is 11.9. The summed E-state index contributed by atoms with van der Waals surface area (Å²) >= 11 is 1.41. The fourth-order valence-corrected chi connectivity index (χ4v) is 5.04. The summed E-state index contributed by atoms with van der Waals surface area (Å²) in [6.07, 6.45) is 6.80. The van der Waals surface area contributed by atoms with Crippen LogP contribution in [-0.2, 0) is 4.79 Å². The van der Waals surface area contributed by atoms with Gasteiger partial charge in [-0.3, -0.25) is 4.79 Å². The first-order valence-corrected chi connectivity index (χ1v) is 8.15. The molecule has 1 N–H and O–H groups in total. The van der Waals surface area contributed by atoms with Gasteiger partial charge < -0.3 is 5.32 Å². The summed E-state index contributed by atoms with van der Waals surface area (Å²) in [6, 6.07) is 2.50. The van der Waals surface area contributed by atoms with Crippen molar-refractivity contribution in [3.05, 3.63) is 0 Å². The van der Waals surface area contributed by atoms with E-state index in [2.05, 4.69) is 11.4 Å². The van der Waals surface area contributed by atoms with Gasteiger partial charge in [-0.05, 0) is 55.8 Å². The van der Waals surface area contributed by atoms with Gasteiger partial charge >= 0.3 is 0 Å². The van der Waals surface area contributed by atoms with Crippen molar-refractivity contribution < 1.29 is 4.79 Å². The number of amides is 1. The van der Waals surface area contributed by atoms with Gasteiger partial charge in [-0.1, -0.05) is 0 Å². The van der Waals surface area contributed by atoms with Crippen LogP contribution in [0, 0.1) is 35.0 Å². The number of nitrogens with one attached hydrogen (secondary N) is 1. The molecule has 4 rings (SSSR count). The van der Waals surface area contributed by atoms with E-state index in [0.29, 0.717) is 17.5 Å². The molecule has 0 aliphatic heterocycles. The Bertz CT molecular complexity index is 348. The molecule has 4 fully saturated rings. The maximum Gasteiger partial charge on any atom is 0.230 e. The summed E-state index contributed by atoms with van der Waals surface area (Å²) in [5.41, 5.74) is 0. The molecule has 1 amide bonds. The predicted molar refractivity (Wildman–Crippen MR) is 71.9 cm³/mol. The lowest BCUT2D eigenvalue weighted by Crippen LogP contribution is -2.56. The fourth-order valence-electron chi connectivity index (χ4n) is 4.58. The molecule has 0 atom stereocenters. The highest BCUT2D eigenvalue weighted by molar-refractivity contribution is 8.00. The largest absolute Gasteiger partial charge is 0.352 e. The van der Waals surface area contributed by atoms with Crippen LogP contribution < -0.4 is 5.32 Å². The van der Waals surface area contributed by atoms with Gasteiger partial charge in [0.2, 0.25) is 5.91 Å². The maximum absolute atomic E-state index is 11.9. The quantitative estimate of drug-likeness (QED) is 0.792. The van der Waals surface area contributed by atoms with E-state index in [4.69, 9.17) is 5.26 Å². The lowest BCUT2D eigenvalue weighted by molar-refractivity contribution is -0.122. The second-order valence-corrected chi connectivity index (χ2v) is 7.16. The third kappa shape index (κ3) is 2.38. The average Bonchev–Trinajstić information content (AvgIpc) is 2.33. The number of nitriles is 1. The van der Waals surface area contributed by atoms with Crippen LogP contribution in [0.3, 0.4) is 0 Å². The van der Waals surface area contributed by atoms with Crippen LogP contribution in [0.5, 0.6) is 0 Å². The van der Waals surface area contributed by atoms with Crippen LogP contribution in [0.25, 0.3) is 0 Å². The van der Waals surface area contributed by atoms with Crippen molar-refractivity contribution in [3.63, 3.8) is 0 Å². The third-order valence-electron chi connectivity index (χ3n) is 4.95. The summed E-state index contributed by atoms with van der Waals surface area (Å²) in [7, 11) is 0. The van der Waals surface area contributed by atoms with Crippen molar-refractivity contribution >= 4 is 17.7 Å². The Morgan fingerprint density at radius 1 is 1.17 bits per heavy atom. The standard InChI is InChI=1S/C14H20N2OS/c15-1-2-18-8-13(17)16-14-11-4-9-3-10(6-11)7-12(14)5-9/h9-12,14H,2-8H2,(H,16,17). The Hall–Kier alpha value is -0.690. The zero-order valence-electron chi connectivity index (χ0n) is 10.6. The van der Waals surface area contributed by atoms with Crippen molar-refractivity contribution in [2.24, 2.45) is 23.7 Å². The Morgan fingerprint density at radius 3 is 2.33 bits per heavy atom. The van der Waals surface area contributed by atoms with E-state index in [-0.39, 0.29) is 5.91 Å². The summed E-state index contributed by atoms with van der Waals surface area (Å²) in [5.74, 6) is 4.37. The summed E-state index contributed by atoms with van der Waals surface area (Å²) in [6.45, 7) is 0. The zero-order chi connectivity index (χ0) is 12.5. The number of nitrogens with zero attached hydrogens (tertiary/aromatic N) is 1. The minimum atomic E-state index is 0.132. The van der Waals surface area contributed by atoms with E-state index in [1.165, 1.54) is 43.9 Å². The van der Waals surface area contributed by atoms with E-state index < -0.39 is 0 Å². The van der Waals surface area contributed by atoms with Gasteiger partial charge in [-0.2, -0.15) is 5.26 Å². The molecule has 0 unspecified atom stereocenters. The van der Waals surface area contributed by atoms with Crippen LogP contribution in [0.15, 0.2) is 0 Å². The van der Waals surface area contributed by atoms with Crippen molar-refractivity contribution in [1.82, 2.24) is 5.32 Å². The van der Waals surface area contributed by atoms with Gasteiger partial charge in [-0.15, -0.1) is 11.8 Å². The molecular formula is C14H20N2OS. The average molecular weight is 264 g/mol. The third-order valence-corrected chi connectivity index (χ3v) is 5.75. The molecule has 0 heterocycles. The first kappa shape index (κ1) is 12.3. The lowest BCUT2D eigenvalue weighted by Gasteiger charge is -2.54. The maximum atomic E-state index is 11.9. The van der Waals surface area contributed by atoms with Crippen LogP contribution in [0.2, 0.25) is 0 Å². The topological polar surface area (TPSA) is 52.9 Å². The van der Waals surface area contributed by atoms with Crippen molar-refractivity contribution in [3.8, 4) is 6.07 Å². The van der Waals surface area contributed by atoms with Gasteiger partial charge in [0.05, 0.1) is 17.6 Å². The van der Waals surface area contributed by atoms with E-state index in [1.807, 2.05) is 0 Å². The van der Waals surface area contributed by atoms with E-state index in [9.17, 15) is 4.79 Å². The highest BCUT2D eigenvalue weighted by Gasteiger charge is 2.48. The molecule has 18 heavy (non-hydrogen) atoms. The molecule has 4 heteroatoms. The zero-order valence-corrected chi connectivity index (χ0v) is 11.4. The molecule has 0 aromatic carbocycles. The van der Waals surface area contributed by atoms with E-state index in [0.717, 1.165) is 23.7 Å². The van der Waals surface area contributed by atoms with Crippen LogP contribution >= 0.6 is 11.8 Å². The van der Waals surface area contributed by atoms with Crippen molar-refractivity contribution in [2.75, 3.05) is 11.5 Å². The Kier molecular flexibility index (Phi) is 3.52. The Morgan fingerprint density at radius 2 is 1.78 bits per heavy atom. The number of carbonyl (C=O) groups is 1. The first-order valence-electron chi connectivity index (χ1n) is 7.00. The second kappa shape index (κ2) is 5.13. The first-order chi connectivity index (χ1) is 8.76. The van der Waals surface area contributed by atoms with Crippen molar-refractivity contribution in [2.45, 2.75) is 38.1 Å². The highest BCUT2D eigenvalue weighted by Crippen LogP contribution is 2.53. The normalized spacial score (nSPS) is 40.5. The molecule has 98 valence electrons. The fraction of sp³-hybridized carbons (Fsp3) is 0.857. The molecule has 4 saturated carbocycles. The van der Waals surface area contributed by atoms with Crippen molar-refractivity contribution in [1.29, 1.82) is 5.26 Å². The lowest BCUT2D eigenvalue weighted by atomic mass is 9.54. The number of hydrogen-bond donors (Lipinski definition) is 1. The molecule has 0 radical (unpaired) electrons. The monoisotopic (exact) mass is 264 g/mol. The molecule has 4 aliphatic carbocycles. The molecule has 4 aliphatic rings. The SMILES string of the molecule is N#CCSCC(=O)NC1C2CC3CC(C2)CC1C3. The minimum absolute atomic E-state index is 0.132. The van der Waals surface area contributed by atoms with E-state index >= 15 is 0 Å². The molecule has 0 aromatic heterocycles. The van der Waals surface area contributed by atoms with Crippen LogP contribution in [-0.4, -0.2) is 23.5 Å². The number of thioether (sulfide) groups is 1. The molecule has 0 saturated heterocycles. The second-order valence-electron chi connectivity index (χ2n) is 6.17. The Labute approximate surface area is 113 Å². The predicted octanol–water partition coefficient (Wildman–Crippen LogP) is 2.18. The number of rotatable bonds is 4. The van der Waals surface area contributed by atoms with Gasteiger partial charge in [0.25, 0.3) is 0 Å². The molecule has 0 aromatic rings. The number of hydrogen-bond acceptors (Lipinski definition) is 3. The number of carbonyl (C=O) groups excluding carboxylic acids is 1. The van der Waals surface area contributed by atoms with E-state index in [1.54, 1.807) is 0 Å². The van der Waals surface area contributed by atoms with Gasteiger partial charge in [0.15, 0.2) is 0 Å². The Balaban J connectivity index is 1.54. The van der Waals surface area contributed by atoms with Gasteiger partial charge in [0, 0.05) is 6.04 Å². The minimum Gasteiger partial charge on any atom is -0.352 e. The summed E-state index contributed by atoms with van der Waals surface area (Å²) in [5, 5.41) is 11.7. The molecule has 4 bridgehead atoms. The summed E-state index contributed by atoms with van der Waals surface area (Å²) < 4.78 is 0. The van der Waals surface area contributed by atoms with Crippen LogP contribution in [0.1, 0.15) is 32.1 Å². The molecule has 0 spiro atoms. The van der Waals surface area contributed by atoms with Gasteiger partial charge in [0.1, 0.15) is 0 Å².